The van der Waals surface area contributed by atoms with E-state index < -0.39 is 6.10 Å². The minimum Gasteiger partial charge on any atom is -0.494 e. The second-order valence-corrected chi connectivity index (χ2v) is 4.83. The number of aliphatic hydroxyl groups is 1. The number of ether oxygens (including phenoxy) is 2. The van der Waals surface area contributed by atoms with E-state index in [0.717, 1.165) is 17.7 Å². The zero-order valence-electron chi connectivity index (χ0n) is 12.6. The summed E-state index contributed by atoms with van der Waals surface area (Å²) in [4.78, 5) is 0. The smallest absolute Gasteiger partial charge is 0.123 e. The molecule has 0 spiro atoms. The molecule has 0 aromatic heterocycles. The van der Waals surface area contributed by atoms with Crippen molar-refractivity contribution in [2.45, 2.75) is 26.4 Å². The van der Waals surface area contributed by atoms with Crippen molar-refractivity contribution < 1.29 is 14.6 Å². The fourth-order valence-electron chi connectivity index (χ4n) is 2.07. The molecule has 0 saturated heterocycles. The number of rotatable bonds is 7. The van der Waals surface area contributed by atoms with Gasteiger partial charge in [0.2, 0.25) is 0 Å². The number of hydrogen-bond donors (Lipinski definition) is 1. The predicted octanol–water partition coefficient (Wildman–Crippen LogP) is 3.76. The molecule has 2 rings (SSSR count). The average Bonchev–Trinajstić information content (AvgIpc) is 2.53. The highest BCUT2D eigenvalue weighted by molar-refractivity contribution is 5.33. The number of aliphatic hydroxyl groups excluding tert-OH is 1. The van der Waals surface area contributed by atoms with Crippen LogP contribution in [0.3, 0.4) is 0 Å². The maximum absolute atomic E-state index is 10.2. The van der Waals surface area contributed by atoms with Gasteiger partial charge in [0.1, 0.15) is 24.2 Å². The van der Waals surface area contributed by atoms with Crippen LogP contribution in [0.15, 0.2) is 48.5 Å². The molecule has 112 valence electrons. The minimum absolute atomic E-state index is 0.223. The van der Waals surface area contributed by atoms with Gasteiger partial charge in [0.25, 0.3) is 0 Å². The van der Waals surface area contributed by atoms with Crippen molar-refractivity contribution in [3.05, 3.63) is 59.7 Å². The highest BCUT2D eigenvalue weighted by Crippen LogP contribution is 2.21. The summed E-state index contributed by atoms with van der Waals surface area (Å²) >= 11 is 0. The average molecular weight is 286 g/mol. The van der Waals surface area contributed by atoms with Crippen molar-refractivity contribution in [1.82, 2.24) is 0 Å². The highest BCUT2D eigenvalue weighted by atomic mass is 16.5. The first-order valence-corrected chi connectivity index (χ1v) is 7.35. The second kappa shape index (κ2) is 7.70. The Kier molecular flexibility index (Phi) is 5.64. The lowest BCUT2D eigenvalue weighted by atomic mass is 10.1. The van der Waals surface area contributed by atoms with E-state index in [2.05, 4.69) is 6.92 Å². The van der Waals surface area contributed by atoms with E-state index in [0.29, 0.717) is 12.4 Å². The molecular formula is C18H22O3. The minimum atomic E-state index is -0.633. The van der Waals surface area contributed by atoms with Crippen molar-refractivity contribution in [3.63, 3.8) is 0 Å². The van der Waals surface area contributed by atoms with Crippen LogP contribution in [0.4, 0.5) is 0 Å². The van der Waals surface area contributed by atoms with Crippen molar-refractivity contribution in [3.8, 4) is 11.5 Å². The molecule has 1 atom stereocenters. The van der Waals surface area contributed by atoms with E-state index in [1.165, 1.54) is 5.56 Å². The van der Waals surface area contributed by atoms with Crippen molar-refractivity contribution in [2.24, 2.45) is 0 Å². The van der Waals surface area contributed by atoms with Crippen LogP contribution < -0.4 is 9.47 Å². The van der Waals surface area contributed by atoms with Gasteiger partial charge in [-0.15, -0.1) is 0 Å². The molecule has 0 heterocycles. The molecule has 0 radical (unpaired) electrons. The van der Waals surface area contributed by atoms with E-state index in [-0.39, 0.29) is 6.61 Å². The first kappa shape index (κ1) is 15.4. The SMILES string of the molecule is CCOc1cccc(OCC(O)c2ccc(CC)cc2)c1. The van der Waals surface area contributed by atoms with Gasteiger partial charge >= 0.3 is 0 Å². The number of hydrogen-bond acceptors (Lipinski definition) is 3. The van der Waals surface area contributed by atoms with Crippen molar-refractivity contribution in [1.29, 1.82) is 0 Å². The summed E-state index contributed by atoms with van der Waals surface area (Å²) in [7, 11) is 0. The van der Waals surface area contributed by atoms with Gasteiger partial charge in [-0.3, -0.25) is 0 Å². The van der Waals surface area contributed by atoms with Crippen LogP contribution in [0.25, 0.3) is 0 Å². The molecule has 1 unspecified atom stereocenters. The monoisotopic (exact) mass is 286 g/mol. The van der Waals surface area contributed by atoms with Gasteiger partial charge in [-0.1, -0.05) is 37.3 Å². The Balaban J connectivity index is 1.93. The van der Waals surface area contributed by atoms with Crippen molar-refractivity contribution in [2.75, 3.05) is 13.2 Å². The van der Waals surface area contributed by atoms with E-state index in [1.807, 2.05) is 55.5 Å². The zero-order valence-corrected chi connectivity index (χ0v) is 12.6. The van der Waals surface area contributed by atoms with Gasteiger partial charge in [-0.05, 0) is 36.6 Å². The molecular weight excluding hydrogens is 264 g/mol. The van der Waals surface area contributed by atoms with Crippen LogP contribution in [0, 0.1) is 0 Å². The Morgan fingerprint density at radius 3 is 2.24 bits per heavy atom. The topological polar surface area (TPSA) is 38.7 Å². The molecule has 0 aliphatic rings. The quantitative estimate of drug-likeness (QED) is 0.842. The highest BCUT2D eigenvalue weighted by Gasteiger charge is 2.08. The normalized spacial score (nSPS) is 12.0. The Morgan fingerprint density at radius 2 is 1.62 bits per heavy atom. The van der Waals surface area contributed by atoms with Gasteiger partial charge < -0.3 is 14.6 Å². The third kappa shape index (κ3) is 4.50. The van der Waals surface area contributed by atoms with Gasteiger partial charge in [0.15, 0.2) is 0 Å². The van der Waals surface area contributed by atoms with E-state index in [4.69, 9.17) is 9.47 Å². The van der Waals surface area contributed by atoms with Gasteiger partial charge in [-0.25, -0.2) is 0 Å². The third-order valence-corrected chi connectivity index (χ3v) is 3.30. The maximum atomic E-state index is 10.2. The largest absolute Gasteiger partial charge is 0.494 e. The molecule has 0 fully saturated rings. The first-order valence-electron chi connectivity index (χ1n) is 7.35. The fourth-order valence-corrected chi connectivity index (χ4v) is 2.07. The summed E-state index contributed by atoms with van der Waals surface area (Å²) < 4.78 is 11.1. The molecule has 0 aliphatic carbocycles. The molecule has 0 bridgehead atoms. The molecule has 2 aromatic carbocycles. The maximum Gasteiger partial charge on any atom is 0.123 e. The summed E-state index contributed by atoms with van der Waals surface area (Å²) in [5.41, 5.74) is 2.13. The van der Waals surface area contributed by atoms with E-state index in [9.17, 15) is 5.11 Å². The molecule has 3 nitrogen and oxygen atoms in total. The lowest BCUT2D eigenvalue weighted by Crippen LogP contribution is -2.09. The second-order valence-electron chi connectivity index (χ2n) is 4.83. The van der Waals surface area contributed by atoms with Gasteiger partial charge in [0, 0.05) is 6.07 Å². The standard InChI is InChI=1S/C18H22O3/c1-3-14-8-10-15(11-9-14)18(19)13-21-17-7-5-6-16(12-17)20-4-2/h5-12,18-19H,3-4,13H2,1-2H3. The Hall–Kier alpha value is -2.00. The van der Waals surface area contributed by atoms with E-state index in [1.54, 1.807) is 0 Å². The molecule has 3 heteroatoms. The zero-order chi connectivity index (χ0) is 15.1. The number of benzene rings is 2. The first-order chi connectivity index (χ1) is 10.2. The molecule has 21 heavy (non-hydrogen) atoms. The molecule has 0 amide bonds. The van der Waals surface area contributed by atoms with Crippen LogP contribution >= 0.6 is 0 Å². The molecule has 1 N–H and O–H groups in total. The summed E-state index contributed by atoms with van der Waals surface area (Å²) in [6.45, 7) is 4.90. The summed E-state index contributed by atoms with van der Waals surface area (Å²) in [6.07, 6.45) is 0.364. The van der Waals surface area contributed by atoms with Gasteiger partial charge in [0.05, 0.1) is 6.61 Å². The van der Waals surface area contributed by atoms with Crippen LogP contribution in [-0.2, 0) is 6.42 Å². The van der Waals surface area contributed by atoms with Crippen LogP contribution in [0.5, 0.6) is 11.5 Å². The summed E-state index contributed by atoms with van der Waals surface area (Å²) in [6, 6.07) is 15.4. The van der Waals surface area contributed by atoms with Crippen LogP contribution in [-0.4, -0.2) is 18.3 Å². The Morgan fingerprint density at radius 1 is 0.952 bits per heavy atom. The molecule has 0 aliphatic heterocycles. The summed E-state index contributed by atoms with van der Waals surface area (Å²) in [5.74, 6) is 1.47. The van der Waals surface area contributed by atoms with Gasteiger partial charge in [-0.2, -0.15) is 0 Å². The predicted molar refractivity (Wildman–Crippen MR) is 83.9 cm³/mol. The number of aryl methyl sites for hydroxylation is 1. The summed E-state index contributed by atoms with van der Waals surface area (Å²) in [5, 5.41) is 10.2. The molecule has 0 saturated carbocycles. The van der Waals surface area contributed by atoms with E-state index >= 15 is 0 Å². The lowest BCUT2D eigenvalue weighted by molar-refractivity contribution is 0.108. The van der Waals surface area contributed by atoms with Crippen LogP contribution in [0.1, 0.15) is 31.1 Å². The lowest BCUT2D eigenvalue weighted by Gasteiger charge is -2.14. The van der Waals surface area contributed by atoms with Crippen LogP contribution in [0.2, 0.25) is 0 Å². The van der Waals surface area contributed by atoms with Crippen molar-refractivity contribution >= 4 is 0 Å². The Bertz CT molecular complexity index is 549. The molecule has 2 aromatic rings. The third-order valence-electron chi connectivity index (χ3n) is 3.30. The fraction of sp³-hybridized carbons (Fsp3) is 0.333. The Labute approximate surface area is 126 Å².